The average molecular weight is 262 g/mol. The summed E-state index contributed by atoms with van der Waals surface area (Å²) in [6, 6.07) is 2.11. The fourth-order valence-corrected chi connectivity index (χ4v) is 3.61. The topological polar surface area (TPSA) is 48.1 Å². The lowest BCUT2D eigenvalue weighted by Crippen LogP contribution is -2.33. The monoisotopic (exact) mass is 262 g/mol. The molecule has 1 atom stereocenters. The van der Waals surface area contributed by atoms with Crippen LogP contribution in [0.2, 0.25) is 0 Å². The molecule has 0 bridgehead atoms. The Kier molecular flexibility index (Phi) is 4.46. The molecule has 0 spiro atoms. The second-order valence-corrected chi connectivity index (χ2v) is 6.30. The number of ether oxygens (including phenoxy) is 1. The summed E-state index contributed by atoms with van der Waals surface area (Å²) in [5.41, 5.74) is 7.98. The van der Waals surface area contributed by atoms with Gasteiger partial charge in [-0.1, -0.05) is 26.7 Å². The van der Waals surface area contributed by atoms with E-state index in [-0.39, 0.29) is 11.5 Å². The standard InChI is InChI=1S/C16H26N2O/c1-12(2)9-16(6-4-5-7-16)15(17)13-8-14(19-3)11-18-10-13/h8,10-12,15H,4-7,9,17H2,1-3H3. The molecule has 0 radical (unpaired) electrons. The van der Waals surface area contributed by atoms with Gasteiger partial charge in [-0.05, 0) is 42.2 Å². The van der Waals surface area contributed by atoms with Crippen molar-refractivity contribution in [3.05, 3.63) is 24.0 Å². The van der Waals surface area contributed by atoms with E-state index in [4.69, 9.17) is 10.5 Å². The minimum absolute atomic E-state index is 0.0694. The molecular weight excluding hydrogens is 236 g/mol. The van der Waals surface area contributed by atoms with Gasteiger partial charge in [0, 0.05) is 12.2 Å². The van der Waals surface area contributed by atoms with Crippen LogP contribution in [0.1, 0.15) is 57.6 Å². The lowest BCUT2D eigenvalue weighted by Gasteiger charge is -2.37. The minimum atomic E-state index is 0.0694. The quantitative estimate of drug-likeness (QED) is 0.880. The van der Waals surface area contributed by atoms with E-state index in [9.17, 15) is 0 Å². The maximum absolute atomic E-state index is 6.61. The van der Waals surface area contributed by atoms with E-state index in [0.717, 1.165) is 11.3 Å². The zero-order chi connectivity index (χ0) is 13.9. The van der Waals surface area contributed by atoms with Gasteiger partial charge >= 0.3 is 0 Å². The molecule has 1 unspecified atom stereocenters. The molecule has 1 saturated carbocycles. The van der Waals surface area contributed by atoms with Crippen molar-refractivity contribution in [1.82, 2.24) is 4.98 Å². The Morgan fingerprint density at radius 2 is 2.00 bits per heavy atom. The Morgan fingerprint density at radius 3 is 2.58 bits per heavy atom. The third kappa shape index (κ3) is 3.08. The van der Waals surface area contributed by atoms with E-state index in [1.54, 1.807) is 13.3 Å². The van der Waals surface area contributed by atoms with E-state index in [2.05, 4.69) is 18.8 Å². The summed E-state index contributed by atoms with van der Waals surface area (Å²) in [5.74, 6) is 1.48. The van der Waals surface area contributed by atoms with Crippen LogP contribution in [-0.4, -0.2) is 12.1 Å². The van der Waals surface area contributed by atoms with E-state index in [1.165, 1.54) is 32.1 Å². The summed E-state index contributed by atoms with van der Waals surface area (Å²) in [4.78, 5) is 4.25. The van der Waals surface area contributed by atoms with Crippen LogP contribution in [0.5, 0.6) is 5.75 Å². The van der Waals surface area contributed by atoms with Crippen molar-refractivity contribution in [3.63, 3.8) is 0 Å². The summed E-state index contributed by atoms with van der Waals surface area (Å²) >= 11 is 0. The highest BCUT2D eigenvalue weighted by Crippen LogP contribution is 2.50. The number of pyridine rings is 1. The first-order chi connectivity index (χ1) is 9.07. The van der Waals surface area contributed by atoms with Crippen molar-refractivity contribution in [1.29, 1.82) is 0 Å². The molecule has 2 N–H and O–H groups in total. The van der Waals surface area contributed by atoms with Gasteiger partial charge in [0.1, 0.15) is 5.75 Å². The second-order valence-electron chi connectivity index (χ2n) is 6.30. The van der Waals surface area contributed by atoms with Crippen LogP contribution in [0.3, 0.4) is 0 Å². The predicted molar refractivity (Wildman–Crippen MR) is 78.1 cm³/mol. The van der Waals surface area contributed by atoms with Crippen molar-refractivity contribution < 1.29 is 4.74 Å². The highest BCUT2D eigenvalue weighted by atomic mass is 16.5. The lowest BCUT2D eigenvalue weighted by atomic mass is 9.71. The van der Waals surface area contributed by atoms with Gasteiger partial charge in [0.2, 0.25) is 0 Å². The Labute approximate surface area is 116 Å². The van der Waals surface area contributed by atoms with Crippen LogP contribution in [0.4, 0.5) is 0 Å². The third-order valence-electron chi connectivity index (χ3n) is 4.40. The SMILES string of the molecule is COc1cncc(C(N)C2(CC(C)C)CCCC2)c1. The molecule has 3 heteroatoms. The smallest absolute Gasteiger partial charge is 0.137 e. The van der Waals surface area contributed by atoms with Gasteiger partial charge in [0.05, 0.1) is 13.3 Å². The molecule has 1 heterocycles. The fraction of sp³-hybridized carbons (Fsp3) is 0.688. The molecular formula is C16H26N2O. The predicted octanol–water partition coefficient (Wildman–Crippen LogP) is 3.70. The first kappa shape index (κ1) is 14.3. The molecule has 1 aromatic heterocycles. The van der Waals surface area contributed by atoms with Gasteiger partial charge < -0.3 is 10.5 Å². The van der Waals surface area contributed by atoms with Crippen molar-refractivity contribution in [2.24, 2.45) is 17.1 Å². The minimum Gasteiger partial charge on any atom is -0.495 e. The van der Waals surface area contributed by atoms with Crippen molar-refractivity contribution in [2.45, 2.75) is 52.0 Å². The number of aromatic nitrogens is 1. The molecule has 19 heavy (non-hydrogen) atoms. The maximum atomic E-state index is 6.61. The number of hydrogen-bond donors (Lipinski definition) is 1. The molecule has 0 saturated heterocycles. The van der Waals surface area contributed by atoms with Crippen LogP contribution >= 0.6 is 0 Å². The first-order valence-electron chi connectivity index (χ1n) is 7.32. The number of methoxy groups -OCH3 is 1. The van der Waals surface area contributed by atoms with Gasteiger partial charge in [-0.3, -0.25) is 4.98 Å². The van der Waals surface area contributed by atoms with Gasteiger partial charge in [-0.25, -0.2) is 0 Å². The van der Waals surface area contributed by atoms with Crippen LogP contribution in [0, 0.1) is 11.3 Å². The summed E-state index contributed by atoms with van der Waals surface area (Å²) in [7, 11) is 1.67. The fourth-order valence-electron chi connectivity index (χ4n) is 3.61. The molecule has 1 aromatic rings. The van der Waals surface area contributed by atoms with Crippen molar-refractivity contribution in [2.75, 3.05) is 7.11 Å². The van der Waals surface area contributed by atoms with Crippen LogP contribution in [0.15, 0.2) is 18.5 Å². The molecule has 0 amide bonds. The van der Waals surface area contributed by atoms with Gasteiger partial charge in [-0.2, -0.15) is 0 Å². The molecule has 1 aliphatic carbocycles. The summed E-state index contributed by atoms with van der Waals surface area (Å²) in [6.07, 6.45) is 9.92. The average Bonchev–Trinajstić information content (AvgIpc) is 2.86. The highest BCUT2D eigenvalue weighted by molar-refractivity contribution is 5.27. The Hall–Kier alpha value is -1.09. The van der Waals surface area contributed by atoms with E-state index < -0.39 is 0 Å². The van der Waals surface area contributed by atoms with Gasteiger partial charge in [0.15, 0.2) is 0 Å². The summed E-state index contributed by atoms with van der Waals surface area (Å²) < 4.78 is 5.26. The molecule has 0 aromatic carbocycles. The van der Waals surface area contributed by atoms with Crippen LogP contribution < -0.4 is 10.5 Å². The number of nitrogens with zero attached hydrogens (tertiary/aromatic N) is 1. The number of rotatable bonds is 5. The second kappa shape index (κ2) is 5.91. The Balaban J connectivity index is 2.25. The molecule has 1 fully saturated rings. The van der Waals surface area contributed by atoms with Gasteiger partial charge in [0.25, 0.3) is 0 Å². The van der Waals surface area contributed by atoms with Crippen molar-refractivity contribution >= 4 is 0 Å². The van der Waals surface area contributed by atoms with Crippen LogP contribution in [0.25, 0.3) is 0 Å². The van der Waals surface area contributed by atoms with Gasteiger partial charge in [-0.15, -0.1) is 0 Å². The zero-order valence-corrected chi connectivity index (χ0v) is 12.4. The van der Waals surface area contributed by atoms with Crippen molar-refractivity contribution in [3.8, 4) is 5.75 Å². The summed E-state index contributed by atoms with van der Waals surface area (Å²) in [6.45, 7) is 4.58. The number of hydrogen-bond acceptors (Lipinski definition) is 3. The normalized spacial score (nSPS) is 19.6. The molecule has 0 aliphatic heterocycles. The molecule has 106 valence electrons. The van der Waals surface area contributed by atoms with E-state index >= 15 is 0 Å². The first-order valence-corrected chi connectivity index (χ1v) is 7.32. The zero-order valence-electron chi connectivity index (χ0n) is 12.4. The summed E-state index contributed by atoms with van der Waals surface area (Å²) in [5, 5.41) is 0. The molecule has 1 aliphatic rings. The highest BCUT2D eigenvalue weighted by Gasteiger charge is 2.40. The molecule has 2 rings (SSSR count). The lowest BCUT2D eigenvalue weighted by molar-refractivity contribution is 0.183. The van der Waals surface area contributed by atoms with E-state index in [1.807, 2.05) is 12.3 Å². The largest absolute Gasteiger partial charge is 0.495 e. The molecule has 3 nitrogen and oxygen atoms in total. The third-order valence-corrected chi connectivity index (χ3v) is 4.40. The Morgan fingerprint density at radius 1 is 1.32 bits per heavy atom. The number of nitrogens with two attached hydrogens (primary N) is 1. The van der Waals surface area contributed by atoms with Crippen LogP contribution in [-0.2, 0) is 0 Å². The maximum Gasteiger partial charge on any atom is 0.137 e. The van der Waals surface area contributed by atoms with E-state index in [0.29, 0.717) is 5.92 Å². The Bertz CT molecular complexity index is 411.